The number of aliphatic carboxylic acids is 1. The second-order valence-corrected chi connectivity index (χ2v) is 8.34. The van der Waals surface area contributed by atoms with Crippen LogP contribution in [0.25, 0.3) is 0 Å². The van der Waals surface area contributed by atoms with Crippen molar-refractivity contribution in [2.45, 2.75) is 44.2 Å². The minimum Gasteiger partial charge on any atom is -0.493 e. The Kier molecular flexibility index (Phi) is 8.83. The van der Waals surface area contributed by atoms with Crippen molar-refractivity contribution in [3.05, 3.63) is 59.7 Å². The number of amides is 2. The van der Waals surface area contributed by atoms with Gasteiger partial charge >= 0.3 is 5.97 Å². The van der Waals surface area contributed by atoms with E-state index >= 15 is 0 Å². The molecule has 1 aliphatic rings. The van der Waals surface area contributed by atoms with Crippen molar-refractivity contribution in [1.29, 1.82) is 0 Å². The molecule has 2 aromatic carbocycles. The summed E-state index contributed by atoms with van der Waals surface area (Å²) in [5.41, 5.74) is 1.15. The molecule has 1 fully saturated rings. The van der Waals surface area contributed by atoms with Gasteiger partial charge in [-0.2, -0.15) is 0 Å². The van der Waals surface area contributed by atoms with E-state index in [0.29, 0.717) is 36.4 Å². The number of carboxylic acid groups (broad SMARTS) is 1. The standard InChI is InChI=1S/C26H30N2O7/c1-34-22-12-10-17(16-23(22)35-2)15-19(27-25(31)18-7-4-3-5-8-18)21(29)11-13-24(30)28-14-6-9-20(28)26(32)33/h3-5,7-8,10,12,16,19-20H,6,9,11,13-15H2,1-2H3,(H,27,31)(H,32,33)/t19?,20-/m0/s1. The molecule has 0 radical (unpaired) electrons. The van der Waals surface area contributed by atoms with Crippen LogP contribution >= 0.6 is 0 Å². The van der Waals surface area contributed by atoms with Crippen LogP contribution in [0.2, 0.25) is 0 Å². The number of carbonyl (C=O) groups is 4. The largest absolute Gasteiger partial charge is 0.493 e. The van der Waals surface area contributed by atoms with Crippen molar-refractivity contribution < 1.29 is 33.8 Å². The summed E-state index contributed by atoms with van der Waals surface area (Å²) in [7, 11) is 3.03. The number of nitrogens with zero attached hydrogens (tertiary/aromatic N) is 1. The van der Waals surface area contributed by atoms with E-state index < -0.39 is 24.0 Å². The maximum atomic E-state index is 13.2. The number of benzene rings is 2. The Balaban J connectivity index is 1.74. The Morgan fingerprint density at radius 3 is 2.40 bits per heavy atom. The lowest BCUT2D eigenvalue weighted by molar-refractivity contribution is -0.148. The van der Waals surface area contributed by atoms with Gasteiger partial charge in [0.15, 0.2) is 17.3 Å². The molecular formula is C26H30N2O7. The number of rotatable bonds is 11. The lowest BCUT2D eigenvalue weighted by Crippen LogP contribution is -2.44. The summed E-state index contributed by atoms with van der Waals surface area (Å²) in [6, 6.07) is 12.0. The van der Waals surface area contributed by atoms with E-state index in [2.05, 4.69) is 5.32 Å². The van der Waals surface area contributed by atoms with Crippen molar-refractivity contribution in [3.8, 4) is 11.5 Å². The highest BCUT2D eigenvalue weighted by atomic mass is 16.5. The fourth-order valence-electron chi connectivity index (χ4n) is 4.19. The van der Waals surface area contributed by atoms with Crippen LogP contribution in [0.1, 0.15) is 41.6 Å². The third-order valence-electron chi connectivity index (χ3n) is 6.06. The molecule has 3 rings (SSSR count). The van der Waals surface area contributed by atoms with E-state index in [9.17, 15) is 24.3 Å². The van der Waals surface area contributed by atoms with Crippen molar-refractivity contribution in [2.75, 3.05) is 20.8 Å². The van der Waals surface area contributed by atoms with Gasteiger partial charge in [0, 0.05) is 24.9 Å². The quantitative estimate of drug-likeness (QED) is 0.504. The molecule has 1 saturated heterocycles. The minimum absolute atomic E-state index is 0.116. The van der Waals surface area contributed by atoms with Gasteiger partial charge in [-0.1, -0.05) is 24.3 Å². The van der Waals surface area contributed by atoms with E-state index in [-0.39, 0.29) is 31.0 Å². The lowest BCUT2D eigenvalue weighted by atomic mass is 9.98. The number of carbonyl (C=O) groups excluding carboxylic acids is 3. The molecule has 0 aliphatic carbocycles. The van der Waals surface area contributed by atoms with Crippen LogP contribution in [0.5, 0.6) is 11.5 Å². The van der Waals surface area contributed by atoms with Crippen LogP contribution < -0.4 is 14.8 Å². The molecule has 1 aliphatic heterocycles. The van der Waals surface area contributed by atoms with Crippen molar-refractivity contribution in [1.82, 2.24) is 10.2 Å². The Labute approximate surface area is 204 Å². The van der Waals surface area contributed by atoms with Gasteiger partial charge in [0.1, 0.15) is 6.04 Å². The van der Waals surface area contributed by atoms with Crippen molar-refractivity contribution in [2.24, 2.45) is 0 Å². The molecule has 1 heterocycles. The Morgan fingerprint density at radius 1 is 1.03 bits per heavy atom. The fraction of sp³-hybridized carbons (Fsp3) is 0.385. The summed E-state index contributed by atoms with van der Waals surface area (Å²) in [5.74, 6) is -1.10. The molecule has 2 N–H and O–H groups in total. The summed E-state index contributed by atoms with van der Waals surface area (Å²) < 4.78 is 10.6. The van der Waals surface area contributed by atoms with Gasteiger partial charge < -0.3 is 24.8 Å². The second kappa shape index (κ2) is 12.0. The number of carboxylic acids is 1. The van der Waals surface area contributed by atoms with Crippen molar-refractivity contribution >= 4 is 23.6 Å². The smallest absolute Gasteiger partial charge is 0.326 e. The first-order valence-corrected chi connectivity index (χ1v) is 11.5. The van der Waals surface area contributed by atoms with E-state index in [1.54, 1.807) is 48.5 Å². The van der Waals surface area contributed by atoms with Crippen LogP contribution in [0.15, 0.2) is 48.5 Å². The molecule has 0 bridgehead atoms. The van der Waals surface area contributed by atoms with Gasteiger partial charge in [-0.05, 0) is 49.1 Å². The Bertz CT molecular complexity index is 1070. The van der Waals surface area contributed by atoms with Gasteiger partial charge in [0.05, 0.1) is 20.3 Å². The average molecular weight is 483 g/mol. The summed E-state index contributed by atoms with van der Waals surface area (Å²) >= 11 is 0. The molecule has 9 heteroatoms. The van der Waals surface area contributed by atoms with E-state index in [0.717, 1.165) is 5.56 Å². The van der Waals surface area contributed by atoms with E-state index in [1.165, 1.54) is 19.1 Å². The molecule has 186 valence electrons. The summed E-state index contributed by atoms with van der Waals surface area (Å²) in [4.78, 5) is 51.3. The van der Waals surface area contributed by atoms with Gasteiger partial charge in [-0.15, -0.1) is 0 Å². The van der Waals surface area contributed by atoms with Gasteiger partial charge in [-0.25, -0.2) is 4.79 Å². The molecule has 2 amide bonds. The Morgan fingerprint density at radius 2 is 1.74 bits per heavy atom. The summed E-state index contributed by atoms with van der Waals surface area (Å²) in [5, 5.41) is 12.1. The molecule has 0 aromatic heterocycles. The molecule has 2 atom stereocenters. The minimum atomic E-state index is -1.04. The number of methoxy groups -OCH3 is 2. The normalized spacial score (nSPS) is 15.8. The number of ether oxygens (including phenoxy) is 2. The second-order valence-electron chi connectivity index (χ2n) is 8.34. The van der Waals surface area contributed by atoms with Crippen LogP contribution in [-0.4, -0.2) is 66.4 Å². The number of hydrogen-bond acceptors (Lipinski definition) is 6. The first-order valence-electron chi connectivity index (χ1n) is 11.5. The first kappa shape index (κ1) is 25.7. The molecular weight excluding hydrogens is 452 g/mol. The Hall–Kier alpha value is -3.88. The number of likely N-dealkylation sites (tertiary alicyclic amines) is 1. The molecule has 9 nitrogen and oxygen atoms in total. The predicted octanol–water partition coefficient (Wildman–Crippen LogP) is 2.47. The third-order valence-corrected chi connectivity index (χ3v) is 6.06. The highest BCUT2D eigenvalue weighted by Gasteiger charge is 2.34. The highest BCUT2D eigenvalue weighted by molar-refractivity contribution is 5.98. The third kappa shape index (κ3) is 6.59. The van der Waals surface area contributed by atoms with E-state index in [1.807, 2.05) is 0 Å². The molecule has 0 saturated carbocycles. The zero-order chi connectivity index (χ0) is 25.4. The number of Topliss-reactive ketones (excluding diaryl/α,β-unsaturated/α-hetero) is 1. The fourth-order valence-corrected chi connectivity index (χ4v) is 4.19. The number of nitrogens with one attached hydrogen (secondary N) is 1. The SMILES string of the molecule is COc1ccc(CC(NC(=O)c2ccccc2)C(=O)CCC(=O)N2CCC[C@H]2C(=O)O)cc1OC. The highest BCUT2D eigenvalue weighted by Crippen LogP contribution is 2.28. The van der Waals surface area contributed by atoms with E-state index in [4.69, 9.17) is 9.47 Å². The molecule has 0 spiro atoms. The van der Waals surface area contributed by atoms with Crippen molar-refractivity contribution in [3.63, 3.8) is 0 Å². The van der Waals surface area contributed by atoms with Crippen LogP contribution in [0.4, 0.5) is 0 Å². The van der Waals surface area contributed by atoms with Gasteiger partial charge in [0.2, 0.25) is 5.91 Å². The zero-order valence-electron chi connectivity index (χ0n) is 19.9. The maximum absolute atomic E-state index is 13.2. The van der Waals surface area contributed by atoms with Gasteiger partial charge in [-0.3, -0.25) is 14.4 Å². The first-order chi connectivity index (χ1) is 16.8. The number of hydrogen-bond donors (Lipinski definition) is 2. The van der Waals surface area contributed by atoms with Crippen LogP contribution in [-0.2, 0) is 20.8 Å². The zero-order valence-corrected chi connectivity index (χ0v) is 19.9. The summed E-state index contributed by atoms with van der Waals surface area (Å²) in [6.45, 7) is 0.365. The van der Waals surface area contributed by atoms with Gasteiger partial charge in [0.25, 0.3) is 5.91 Å². The molecule has 35 heavy (non-hydrogen) atoms. The molecule has 2 aromatic rings. The summed E-state index contributed by atoms with van der Waals surface area (Å²) in [6.07, 6.45) is 0.976. The maximum Gasteiger partial charge on any atom is 0.326 e. The number of ketones is 1. The monoisotopic (exact) mass is 482 g/mol. The van der Waals surface area contributed by atoms with Crippen LogP contribution in [0.3, 0.4) is 0 Å². The average Bonchev–Trinajstić information content (AvgIpc) is 3.37. The topological polar surface area (TPSA) is 122 Å². The predicted molar refractivity (Wildman–Crippen MR) is 128 cm³/mol. The lowest BCUT2D eigenvalue weighted by Gasteiger charge is -2.22. The molecule has 1 unspecified atom stereocenters. The van der Waals surface area contributed by atoms with Crippen LogP contribution in [0, 0.1) is 0 Å².